The van der Waals surface area contributed by atoms with Crippen LogP contribution in [0, 0.1) is 5.92 Å². The third-order valence-corrected chi connectivity index (χ3v) is 5.58. The predicted octanol–water partition coefficient (Wildman–Crippen LogP) is 3.54. The van der Waals surface area contributed by atoms with Crippen LogP contribution in [0.25, 0.3) is 0 Å². The van der Waals surface area contributed by atoms with Gasteiger partial charge in [0.05, 0.1) is 6.54 Å². The van der Waals surface area contributed by atoms with Gasteiger partial charge in [-0.15, -0.1) is 0 Å². The van der Waals surface area contributed by atoms with Crippen LogP contribution in [0.3, 0.4) is 0 Å². The van der Waals surface area contributed by atoms with E-state index < -0.39 is 10.3 Å². The van der Waals surface area contributed by atoms with Gasteiger partial charge in [-0.1, -0.05) is 60.7 Å². The van der Waals surface area contributed by atoms with Crippen LogP contribution < -0.4 is 9.62 Å². The van der Waals surface area contributed by atoms with Gasteiger partial charge >= 0.3 is 10.3 Å². The molecule has 0 radical (unpaired) electrons. The fourth-order valence-electron chi connectivity index (χ4n) is 3.39. The standard InChI is InChI=1S/C21H25N3O3S/c1-17(16-24(28(25,26)27)20-14-8-9-15-22-20)23-21(18-10-4-2-5-11-18)19-12-6-3-7-13-19/h2-12,14-15,17,19,21,23H,13,16H2,1H3,(H,25,26,27)/t17-,19?,21?/m0/s1. The zero-order chi connectivity index (χ0) is 20.0. The third-order valence-electron chi connectivity index (χ3n) is 4.69. The van der Waals surface area contributed by atoms with Crippen LogP contribution in [0.15, 0.2) is 79.0 Å². The second-order valence-corrected chi connectivity index (χ2v) is 8.20. The van der Waals surface area contributed by atoms with Crippen molar-refractivity contribution in [2.45, 2.75) is 25.4 Å². The summed E-state index contributed by atoms with van der Waals surface area (Å²) >= 11 is 0. The minimum Gasteiger partial charge on any atom is -0.305 e. The van der Waals surface area contributed by atoms with Gasteiger partial charge in [-0.25, -0.2) is 9.29 Å². The first-order valence-electron chi connectivity index (χ1n) is 9.25. The number of aromatic nitrogens is 1. The molecule has 0 spiro atoms. The Bertz CT molecular complexity index is 914. The minimum absolute atomic E-state index is 0.0179. The molecule has 28 heavy (non-hydrogen) atoms. The van der Waals surface area contributed by atoms with E-state index in [2.05, 4.69) is 34.6 Å². The lowest BCUT2D eigenvalue weighted by Gasteiger charge is -2.32. The number of allylic oxidation sites excluding steroid dienone is 3. The van der Waals surface area contributed by atoms with Crippen LogP contribution >= 0.6 is 0 Å². The Morgan fingerprint density at radius 3 is 2.54 bits per heavy atom. The Balaban J connectivity index is 1.80. The van der Waals surface area contributed by atoms with Gasteiger partial charge in [0.2, 0.25) is 0 Å². The molecular formula is C21H25N3O3S. The molecule has 0 fully saturated rings. The lowest BCUT2D eigenvalue weighted by molar-refractivity contribution is 0.377. The van der Waals surface area contributed by atoms with E-state index in [1.165, 1.54) is 6.20 Å². The molecule has 3 atom stereocenters. The summed E-state index contributed by atoms with van der Waals surface area (Å²) in [6.45, 7) is 1.96. The number of benzene rings is 1. The first-order chi connectivity index (χ1) is 13.4. The molecule has 6 nitrogen and oxygen atoms in total. The van der Waals surface area contributed by atoms with E-state index in [1.54, 1.807) is 18.2 Å². The highest BCUT2D eigenvalue weighted by molar-refractivity contribution is 7.87. The van der Waals surface area contributed by atoms with Gasteiger partial charge in [0.15, 0.2) is 0 Å². The molecular weight excluding hydrogens is 374 g/mol. The summed E-state index contributed by atoms with van der Waals surface area (Å²) < 4.78 is 34.4. The summed E-state index contributed by atoms with van der Waals surface area (Å²) in [4.78, 5) is 4.06. The minimum atomic E-state index is -4.43. The van der Waals surface area contributed by atoms with Crippen molar-refractivity contribution in [3.63, 3.8) is 0 Å². The van der Waals surface area contributed by atoms with Crippen molar-refractivity contribution in [2.75, 3.05) is 10.8 Å². The Hall–Kier alpha value is -2.48. The van der Waals surface area contributed by atoms with Crippen LogP contribution in [-0.4, -0.2) is 30.5 Å². The van der Waals surface area contributed by atoms with E-state index in [9.17, 15) is 13.0 Å². The molecule has 0 saturated heterocycles. The summed E-state index contributed by atoms with van der Waals surface area (Å²) in [5.41, 5.74) is 1.13. The molecule has 7 heteroatoms. The maximum atomic E-state index is 11.9. The van der Waals surface area contributed by atoms with Crippen LogP contribution in [0.5, 0.6) is 0 Å². The molecule has 148 valence electrons. The third kappa shape index (κ3) is 5.28. The number of nitrogens with one attached hydrogen (secondary N) is 1. The van der Waals surface area contributed by atoms with Crippen molar-refractivity contribution in [1.82, 2.24) is 10.3 Å². The SMILES string of the molecule is C[C@@H](CN(c1ccccn1)S(=O)(=O)O)NC(c1ccccc1)C1C=CC=CC1. The van der Waals surface area contributed by atoms with Crippen molar-refractivity contribution < 1.29 is 13.0 Å². The summed E-state index contributed by atoms with van der Waals surface area (Å²) in [6.07, 6.45) is 10.8. The molecule has 2 unspecified atom stereocenters. The average Bonchev–Trinajstić information content (AvgIpc) is 2.71. The van der Waals surface area contributed by atoms with E-state index in [0.29, 0.717) is 0 Å². The number of rotatable bonds is 8. The number of hydrogen-bond acceptors (Lipinski definition) is 4. The van der Waals surface area contributed by atoms with E-state index in [0.717, 1.165) is 16.3 Å². The number of hydrogen-bond donors (Lipinski definition) is 2. The Kier molecular flexibility index (Phi) is 6.61. The Labute approximate surface area is 166 Å². The Morgan fingerprint density at radius 1 is 1.18 bits per heavy atom. The van der Waals surface area contributed by atoms with Gasteiger partial charge < -0.3 is 5.32 Å². The first-order valence-corrected chi connectivity index (χ1v) is 10.7. The predicted molar refractivity (Wildman–Crippen MR) is 111 cm³/mol. The van der Waals surface area contributed by atoms with E-state index in [4.69, 9.17) is 0 Å². The van der Waals surface area contributed by atoms with Crippen LogP contribution in [0.2, 0.25) is 0 Å². The maximum Gasteiger partial charge on any atom is 0.361 e. The topological polar surface area (TPSA) is 82.5 Å². The lowest BCUT2D eigenvalue weighted by Crippen LogP contribution is -2.45. The Morgan fingerprint density at radius 2 is 1.93 bits per heavy atom. The first kappa shape index (κ1) is 20.3. The molecule has 1 heterocycles. The highest BCUT2D eigenvalue weighted by Gasteiger charge is 2.27. The second kappa shape index (κ2) is 9.14. The molecule has 0 bridgehead atoms. The molecule has 0 aliphatic heterocycles. The van der Waals surface area contributed by atoms with Crippen molar-refractivity contribution in [1.29, 1.82) is 0 Å². The number of pyridine rings is 1. The van der Waals surface area contributed by atoms with Crippen molar-refractivity contribution in [3.05, 3.63) is 84.6 Å². The molecule has 3 rings (SSSR count). The largest absolute Gasteiger partial charge is 0.361 e. The van der Waals surface area contributed by atoms with Gasteiger partial charge in [0.25, 0.3) is 0 Å². The van der Waals surface area contributed by atoms with Gasteiger partial charge in [-0.05, 0) is 31.0 Å². The zero-order valence-electron chi connectivity index (χ0n) is 15.7. The van der Waals surface area contributed by atoms with Gasteiger partial charge in [-0.2, -0.15) is 8.42 Å². The van der Waals surface area contributed by atoms with Crippen LogP contribution in [0.1, 0.15) is 24.9 Å². The van der Waals surface area contributed by atoms with E-state index in [1.807, 2.05) is 37.3 Å². The molecule has 0 amide bonds. The molecule has 2 aromatic rings. The van der Waals surface area contributed by atoms with Crippen LogP contribution in [0.4, 0.5) is 5.82 Å². The van der Waals surface area contributed by atoms with Gasteiger partial charge in [0.1, 0.15) is 5.82 Å². The normalized spacial score (nSPS) is 18.6. The van der Waals surface area contributed by atoms with Gasteiger partial charge in [-0.3, -0.25) is 4.55 Å². The summed E-state index contributed by atoms with van der Waals surface area (Å²) in [7, 11) is -4.43. The zero-order valence-corrected chi connectivity index (χ0v) is 16.5. The molecule has 0 saturated carbocycles. The van der Waals surface area contributed by atoms with E-state index >= 15 is 0 Å². The second-order valence-electron chi connectivity index (χ2n) is 6.87. The average molecular weight is 400 g/mol. The van der Waals surface area contributed by atoms with Crippen molar-refractivity contribution in [3.8, 4) is 0 Å². The molecule has 2 N–H and O–H groups in total. The molecule has 1 aromatic heterocycles. The summed E-state index contributed by atoms with van der Waals surface area (Å²) in [5, 5.41) is 3.55. The summed E-state index contributed by atoms with van der Waals surface area (Å²) in [6, 6.07) is 14.8. The van der Waals surface area contributed by atoms with Crippen LogP contribution in [-0.2, 0) is 10.3 Å². The van der Waals surface area contributed by atoms with E-state index in [-0.39, 0.29) is 30.4 Å². The smallest absolute Gasteiger partial charge is 0.305 e. The fraction of sp³-hybridized carbons (Fsp3) is 0.286. The maximum absolute atomic E-state index is 11.9. The number of nitrogens with zero attached hydrogens (tertiary/aromatic N) is 2. The molecule has 1 aliphatic rings. The van der Waals surface area contributed by atoms with Crippen molar-refractivity contribution in [2.24, 2.45) is 5.92 Å². The number of anilines is 1. The highest BCUT2D eigenvalue weighted by atomic mass is 32.2. The summed E-state index contributed by atoms with van der Waals surface area (Å²) in [5.74, 6) is 0.444. The quantitative estimate of drug-likeness (QED) is 0.664. The van der Waals surface area contributed by atoms with Gasteiger partial charge in [0, 0.05) is 24.2 Å². The highest BCUT2D eigenvalue weighted by Crippen LogP contribution is 2.29. The lowest BCUT2D eigenvalue weighted by atomic mass is 9.87. The molecule has 1 aliphatic carbocycles. The molecule has 1 aromatic carbocycles. The van der Waals surface area contributed by atoms with Crippen molar-refractivity contribution >= 4 is 16.1 Å². The fourth-order valence-corrected chi connectivity index (χ4v) is 4.15. The monoisotopic (exact) mass is 399 g/mol.